The van der Waals surface area contributed by atoms with Crippen LogP contribution in [0, 0.1) is 6.92 Å². The highest BCUT2D eigenvalue weighted by atomic mass is 16.5. The molecule has 0 aromatic carbocycles. The molecule has 0 saturated carbocycles. The molecule has 0 radical (unpaired) electrons. The minimum atomic E-state index is 0.868. The molecule has 3 heterocycles. The normalized spacial score (nSPS) is 15.3. The number of H-pyrrole nitrogens is 1. The molecule has 0 atom stereocenters. The average molecular weight is 204 g/mol. The van der Waals surface area contributed by atoms with Gasteiger partial charge in [-0.1, -0.05) is 5.16 Å². The second kappa shape index (κ2) is 3.20. The first kappa shape index (κ1) is 8.67. The van der Waals surface area contributed by atoms with Gasteiger partial charge in [0.1, 0.15) is 12.0 Å². The van der Waals surface area contributed by atoms with Gasteiger partial charge < -0.3 is 9.84 Å². The van der Waals surface area contributed by atoms with Gasteiger partial charge in [0.25, 0.3) is 0 Å². The molecule has 15 heavy (non-hydrogen) atoms. The summed E-state index contributed by atoms with van der Waals surface area (Å²) in [5, 5.41) is 14.6. The summed E-state index contributed by atoms with van der Waals surface area (Å²) in [4.78, 5) is 0. The van der Waals surface area contributed by atoms with Crippen molar-refractivity contribution in [3.8, 4) is 11.3 Å². The number of hydrogen-bond donors (Lipinski definition) is 2. The van der Waals surface area contributed by atoms with Crippen LogP contribution in [0.4, 0.5) is 0 Å². The lowest BCUT2D eigenvalue weighted by molar-refractivity contribution is 0.415. The van der Waals surface area contributed by atoms with E-state index >= 15 is 0 Å². The number of aromatic amines is 1. The second-order valence-electron chi connectivity index (χ2n) is 3.77. The lowest BCUT2D eigenvalue weighted by Gasteiger charge is -2.12. The van der Waals surface area contributed by atoms with Gasteiger partial charge in [0.2, 0.25) is 0 Å². The first-order valence-electron chi connectivity index (χ1n) is 5.04. The van der Waals surface area contributed by atoms with Crippen molar-refractivity contribution in [2.75, 3.05) is 6.54 Å². The molecule has 2 aromatic rings. The van der Waals surface area contributed by atoms with E-state index in [9.17, 15) is 0 Å². The van der Waals surface area contributed by atoms with E-state index in [1.807, 2.05) is 6.92 Å². The van der Waals surface area contributed by atoms with Crippen molar-refractivity contribution in [1.82, 2.24) is 20.7 Å². The Kier molecular flexibility index (Phi) is 1.85. The Morgan fingerprint density at radius 3 is 3.20 bits per heavy atom. The minimum Gasteiger partial charge on any atom is -0.364 e. The Labute approximate surface area is 86.9 Å². The molecular formula is C10H12N4O. The van der Waals surface area contributed by atoms with Gasteiger partial charge in [-0.2, -0.15) is 5.10 Å². The van der Waals surface area contributed by atoms with E-state index in [1.165, 1.54) is 11.3 Å². The molecule has 0 amide bonds. The van der Waals surface area contributed by atoms with E-state index in [-0.39, 0.29) is 0 Å². The Bertz CT molecular complexity index is 485. The molecule has 0 saturated heterocycles. The van der Waals surface area contributed by atoms with Crippen LogP contribution in [0.2, 0.25) is 0 Å². The number of nitrogens with one attached hydrogen (secondary N) is 2. The third-order valence-electron chi connectivity index (χ3n) is 2.81. The SMILES string of the molecule is Cc1nocc1-c1n[nH]c2c1CCNC2. The number of hydrogen-bond acceptors (Lipinski definition) is 4. The van der Waals surface area contributed by atoms with Gasteiger partial charge in [-0.25, -0.2) is 0 Å². The van der Waals surface area contributed by atoms with Crippen molar-refractivity contribution in [2.45, 2.75) is 19.9 Å². The third-order valence-corrected chi connectivity index (χ3v) is 2.81. The van der Waals surface area contributed by atoms with Crippen molar-refractivity contribution < 1.29 is 4.52 Å². The van der Waals surface area contributed by atoms with E-state index in [1.54, 1.807) is 6.26 Å². The summed E-state index contributed by atoms with van der Waals surface area (Å²) < 4.78 is 4.94. The van der Waals surface area contributed by atoms with Gasteiger partial charge in [0.15, 0.2) is 0 Å². The topological polar surface area (TPSA) is 66.7 Å². The molecule has 0 bridgehead atoms. The Balaban J connectivity index is 2.13. The van der Waals surface area contributed by atoms with Crippen molar-refractivity contribution in [3.05, 3.63) is 23.2 Å². The highest BCUT2D eigenvalue weighted by molar-refractivity contribution is 5.65. The molecule has 2 aromatic heterocycles. The molecule has 5 heteroatoms. The third kappa shape index (κ3) is 1.27. The van der Waals surface area contributed by atoms with Crippen LogP contribution in [0.1, 0.15) is 17.0 Å². The molecule has 2 N–H and O–H groups in total. The number of nitrogens with zero attached hydrogens (tertiary/aromatic N) is 2. The molecule has 78 valence electrons. The number of aryl methyl sites for hydroxylation is 1. The summed E-state index contributed by atoms with van der Waals surface area (Å²) in [5.74, 6) is 0. The zero-order valence-corrected chi connectivity index (χ0v) is 8.50. The van der Waals surface area contributed by atoms with Crippen molar-refractivity contribution in [2.24, 2.45) is 0 Å². The molecule has 0 spiro atoms. The molecular weight excluding hydrogens is 192 g/mol. The minimum absolute atomic E-state index is 0.868. The fourth-order valence-electron chi connectivity index (χ4n) is 1.99. The van der Waals surface area contributed by atoms with Crippen LogP contribution < -0.4 is 5.32 Å². The van der Waals surface area contributed by atoms with Crippen LogP contribution in [0.5, 0.6) is 0 Å². The van der Waals surface area contributed by atoms with Crippen molar-refractivity contribution in [3.63, 3.8) is 0 Å². The first-order chi connectivity index (χ1) is 7.36. The summed E-state index contributed by atoms with van der Waals surface area (Å²) in [6.45, 7) is 3.80. The van der Waals surface area contributed by atoms with E-state index in [4.69, 9.17) is 4.52 Å². The predicted molar refractivity (Wildman–Crippen MR) is 54.2 cm³/mol. The van der Waals surface area contributed by atoms with Crippen molar-refractivity contribution >= 4 is 0 Å². The van der Waals surface area contributed by atoms with Crippen LogP contribution in [0.25, 0.3) is 11.3 Å². The zero-order valence-electron chi connectivity index (χ0n) is 8.50. The highest BCUT2D eigenvalue weighted by Gasteiger charge is 2.20. The molecule has 1 aliphatic heterocycles. The fourth-order valence-corrected chi connectivity index (χ4v) is 1.99. The van der Waals surface area contributed by atoms with E-state index < -0.39 is 0 Å². The molecule has 0 unspecified atom stereocenters. The maximum atomic E-state index is 4.94. The van der Waals surface area contributed by atoms with Gasteiger partial charge in [-0.05, 0) is 19.9 Å². The highest BCUT2D eigenvalue weighted by Crippen LogP contribution is 2.27. The molecule has 0 fully saturated rings. The molecule has 3 rings (SSSR count). The van der Waals surface area contributed by atoms with Crippen LogP contribution in [-0.4, -0.2) is 21.9 Å². The average Bonchev–Trinajstić information content (AvgIpc) is 2.83. The van der Waals surface area contributed by atoms with Crippen LogP contribution in [0.15, 0.2) is 10.8 Å². The van der Waals surface area contributed by atoms with Gasteiger partial charge in [0.05, 0.1) is 17.0 Å². The summed E-state index contributed by atoms with van der Waals surface area (Å²) in [7, 11) is 0. The van der Waals surface area contributed by atoms with Gasteiger partial charge in [0, 0.05) is 12.1 Å². The van der Waals surface area contributed by atoms with Gasteiger partial charge in [-0.3, -0.25) is 5.10 Å². The monoisotopic (exact) mass is 204 g/mol. The number of rotatable bonds is 1. The van der Waals surface area contributed by atoms with Crippen LogP contribution in [-0.2, 0) is 13.0 Å². The molecule has 1 aliphatic rings. The predicted octanol–water partition coefficient (Wildman–Crippen LogP) is 1.02. The lowest BCUT2D eigenvalue weighted by Crippen LogP contribution is -2.23. The Morgan fingerprint density at radius 2 is 2.40 bits per heavy atom. The van der Waals surface area contributed by atoms with Gasteiger partial charge >= 0.3 is 0 Å². The quantitative estimate of drug-likeness (QED) is 0.727. The first-order valence-corrected chi connectivity index (χ1v) is 5.04. The largest absolute Gasteiger partial charge is 0.364 e. The number of aromatic nitrogens is 3. The maximum absolute atomic E-state index is 4.94. The second-order valence-corrected chi connectivity index (χ2v) is 3.77. The summed E-state index contributed by atoms with van der Waals surface area (Å²) >= 11 is 0. The Morgan fingerprint density at radius 1 is 1.47 bits per heavy atom. The van der Waals surface area contributed by atoms with Crippen LogP contribution in [0.3, 0.4) is 0 Å². The van der Waals surface area contributed by atoms with E-state index in [2.05, 4.69) is 20.7 Å². The van der Waals surface area contributed by atoms with Crippen molar-refractivity contribution in [1.29, 1.82) is 0 Å². The fraction of sp³-hybridized carbons (Fsp3) is 0.400. The summed E-state index contributed by atoms with van der Waals surface area (Å²) in [6.07, 6.45) is 2.67. The molecule has 0 aliphatic carbocycles. The smallest absolute Gasteiger partial charge is 0.133 e. The lowest BCUT2D eigenvalue weighted by atomic mass is 10.0. The Hall–Kier alpha value is -1.62. The van der Waals surface area contributed by atoms with Gasteiger partial charge in [-0.15, -0.1) is 0 Å². The zero-order chi connectivity index (χ0) is 10.3. The summed E-state index contributed by atoms with van der Waals surface area (Å²) in [5.41, 5.74) is 5.35. The number of fused-ring (bicyclic) bond motifs is 1. The van der Waals surface area contributed by atoms with Crippen LogP contribution >= 0.6 is 0 Å². The molecule has 5 nitrogen and oxygen atoms in total. The van der Waals surface area contributed by atoms with E-state index in [0.717, 1.165) is 36.5 Å². The summed E-state index contributed by atoms with van der Waals surface area (Å²) in [6, 6.07) is 0. The standard InChI is InChI=1S/C10H12N4O/c1-6-8(5-15-14-6)10-7-2-3-11-4-9(7)12-13-10/h5,11H,2-4H2,1H3,(H,12,13). The maximum Gasteiger partial charge on any atom is 0.133 e. The van der Waals surface area contributed by atoms with E-state index in [0.29, 0.717) is 0 Å².